The quantitative estimate of drug-likeness (QED) is 0.777. The van der Waals surface area contributed by atoms with Crippen molar-refractivity contribution in [2.45, 2.75) is 67.2 Å². The van der Waals surface area contributed by atoms with Crippen LogP contribution in [-0.2, 0) is 0 Å². The summed E-state index contributed by atoms with van der Waals surface area (Å²) in [5.74, 6) is 1.67. The van der Waals surface area contributed by atoms with Crippen LogP contribution in [0.4, 0.5) is 0 Å². The lowest BCUT2D eigenvalue weighted by atomic mass is 9.67. The van der Waals surface area contributed by atoms with E-state index in [0.717, 1.165) is 11.8 Å². The Hall–Kier alpha value is -0.0400. The monoisotopic (exact) mass is 251 g/mol. The third-order valence-electron chi connectivity index (χ3n) is 5.91. The lowest BCUT2D eigenvalue weighted by Gasteiger charge is -2.38. The predicted molar refractivity (Wildman–Crippen MR) is 79.7 cm³/mol. The average molecular weight is 251 g/mol. The van der Waals surface area contributed by atoms with Gasteiger partial charge >= 0.3 is 0 Å². The maximum Gasteiger partial charge on any atom is -0.000956 e. The second kappa shape index (κ2) is 4.51. The first-order valence-electron chi connectivity index (χ1n) is 7.92. The van der Waals surface area contributed by atoms with Gasteiger partial charge in [0.2, 0.25) is 0 Å². The summed E-state index contributed by atoms with van der Waals surface area (Å²) in [4.78, 5) is 0. The fourth-order valence-corrected chi connectivity index (χ4v) is 4.79. The van der Waals surface area contributed by atoms with Crippen molar-refractivity contribution in [2.75, 3.05) is 13.1 Å². The van der Waals surface area contributed by atoms with Gasteiger partial charge in [-0.15, -0.1) is 0 Å². The van der Waals surface area contributed by atoms with Gasteiger partial charge in [0.25, 0.3) is 0 Å². The molecular weight excluding hydrogens is 218 g/mol. The Morgan fingerprint density at radius 1 is 1.11 bits per heavy atom. The fraction of sp³-hybridized carbons (Fsp3) is 1.00. The van der Waals surface area contributed by atoms with Crippen LogP contribution in [0, 0.1) is 28.1 Å². The standard InChI is InChI=1S/C17H33N/c1-13(2)10-18-11-14-16(5,6)17(14)9-7-8-15(3,4)12-17/h13-14,18H,7-12H2,1-6H3. The highest BCUT2D eigenvalue weighted by Gasteiger charge is 2.70. The molecule has 2 saturated carbocycles. The first-order chi connectivity index (χ1) is 8.21. The maximum atomic E-state index is 3.70. The third-order valence-corrected chi connectivity index (χ3v) is 5.91. The first-order valence-corrected chi connectivity index (χ1v) is 7.92. The Kier molecular flexibility index (Phi) is 3.60. The van der Waals surface area contributed by atoms with Crippen molar-refractivity contribution in [3.63, 3.8) is 0 Å². The van der Waals surface area contributed by atoms with Crippen LogP contribution in [0.5, 0.6) is 0 Å². The SMILES string of the molecule is CC(C)CNCC1C(C)(C)C12CCCC(C)(C)C2. The van der Waals surface area contributed by atoms with Crippen molar-refractivity contribution < 1.29 is 0 Å². The van der Waals surface area contributed by atoms with Crippen molar-refractivity contribution in [1.29, 1.82) is 0 Å². The summed E-state index contributed by atoms with van der Waals surface area (Å²) in [5.41, 5.74) is 1.79. The van der Waals surface area contributed by atoms with Gasteiger partial charge in [0.1, 0.15) is 0 Å². The molecular formula is C17H33N. The molecule has 2 aliphatic rings. The zero-order valence-electron chi connectivity index (χ0n) is 13.4. The minimum absolute atomic E-state index is 0.564. The lowest BCUT2D eigenvalue weighted by molar-refractivity contribution is 0.130. The van der Waals surface area contributed by atoms with Crippen LogP contribution in [0.3, 0.4) is 0 Å². The van der Waals surface area contributed by atoms with Crippen LogP contribution in [0.25, 0.3) is 0 Å². The van der Waals surface area contributed by atoms with Crippen molar-refractivity contribution in [3.05, 3.63) is 0 Å². The molecule has 0 bridgehead atoms. The van der Waals surface area contributed by atoms with E-state index in [-0.39, 0.29) is 0 Å². The number of hydrogen-bond donors (Lipinski definition) is 1. The number of hydrogen-bond acceptors (Lipinski definition) is 1. The Balaban J connectivity index is 1.96. The van der Waals surface area contributed by atoms with Gasteiger partial charge < -0.3 is 5.32 Å². The van der Waals surface area contributed by atoms with Gasteiger partial charge in [-0.2, -0.15) is 0 Å². The van der Waals surface area contributed by atoms with Gasteiger partial charge in [0, 0.05) is 0 Å². The molecule has 1 heteroatoms. The van der Waals surface area contributed by atoms with Crippen LogP contribution in [0.1, 0.15) is 67.2 Å². The predicted octanol–water partition coefficient (Wildman–Crippen LogP) is 4.47. The van der Waals surface area contributed by atoms with Gasteiger partial charge in [-0.3, -0.25) is 0 Å². The molecule has 1 nitrogen and oxygen atoms in total. The van der Waals surface area contributed by atoms with E-state index in [9.17, 15) is 0 Å². The molecule has 0 heterocycles. The smallest absolute Gasteiger partial charge is 0.000956 e. The van der Waals surface area contributed by atoms with Crippen LogP contribution in [-0.4, -0.2) is 13.1 Å². The van der Waals surface area contributed by atoms with Gasteiger partial charge in [-0.1, -0.05) is 48.0 Å². The molecule has 2 aliphatic carbocycles. The van der Waals surface area contributed by atoms with Crippen LogP contribution >= 0.6 is 0 Å². The van der Waals surface area contributed by atoms with E-state index in [2.05, 4.69) is 46.9 Å². The van der Waals surface area contributed by atoms with Gasteiger partial charge in [0.15, 0.2) is 0 Å². The van der Waals surface area contributed by atoms with Crippen LogP contribution in [0.15, 0.2) is 0 Å². The van der Waals surface area contributed by atoms with Gasteiger partial charge in [-0.05, 0) is 60.4 Å². The molecule has 2 rings (SSSR count). The Morgan fingerprint density at radius 3 is 2.33 bits per heavy atom. The number of nitrogens with one attached hydrogen (secondary N) is 1. The highest BCUT2D eigenvalue weighted by atomic mass is 14.9. The molecule has 0 saturated heterocycles. The molecule has 18 heavy (non-hydrogen) atoms. The molecule has 0 aromatic heterocycles. The normalized spacial score (nSPS) is 37.2. The molecule has 0 amide bonds. The molecule has 0 aromatic carbocycles. The molecule has 0 aliphatic heterocycles. The molecule has 2 unspecified atom stereocenters. The maximum absolute atomic E-state index is 3.70. The topological polar surface area (TPSA) is 12.0 Å². The minimum atomic E-state index is 0.564. The second-order valence-electron chi connectivity index (χ2n) is 8.68. The molecule has 1 spiro atoms. The largest absolute Gasteiger partial charge is 0.316 e. The van der Waals surface area contributed by atoms with Crippen molar-refractivity contribution in [3.8, 4) is 0 Å². The average Bonchev–Trinajstić information content (AvgIpc) is 2.61. The zero-order chi connectivity index (χ0) is 13.6. The third kappa shape index (κ3) is 2.35. The van der Waals surface area contributed by atoms with Crippen LogP contribution in [0.2, 0.25) is 0 Å². The van der Waals surface area contributed by atoms with E-state index in [4.69, 9.17) is 0 Å². The highest BCUT2D eigenvalue weighted by molar-refractivity contribution is 5.19. The van der Waals surface area contributed by atoms with Gasteiger partial charge in [0.05, 0.1) is 0 Å². The summed E-state index contributed by atoms with van der Waals surface area (Å²) in [6, 6.07) is 0. The zero-order valence-corrected chi connectivity index (χ0v) is 13.4. The first kappa shape index (κ1) is 14.4. The van der Waals surface area contributed by atoms with E-state index in [0.29, 0.717) is 16.2 Å². The van der Waals surface area contributed by atoms with Gasteiger partial charge in [-0.25, -0.2) is 0 Å². The van der Waals surface area contributed by atoms with E-state index in [1.807, 2.05) is 0 Å². The second-order valence-corrected chi connectivity index (χ2v) is 8.68. The molecule has 2 fully saturated rings. The molecule has 106 valence electrons. The summed E-state index contributed by atoms with van der Waals surface area (Å²) in [7, 11) is 0. The Morgan fingerprint density at radius 2 is 1.78 bits per heavy atom. The summed E-state index contributed by atoms with van der Waals surface area (Å²) >= 11 is 0. The van der Waals surface area contributed by atoms with E-state index in [1.165, 1.54) is 38.8 Å². The molecule has 0 radical (unpaired) electrons. The summed E-state index contributed by atoms with van der Waals surface area (Å²) in [5, 5.41) is 3.70. The lowest BCUT2D eigenvalue weighted by Crippen LogP contribution is -2.29. The van der Waals surface area contributed by atoms with E-state index < -0.39 is 0 Å². The Labute approximate surface area is 114 Å². The molecule has 0 aromatic rings. The van der Waals surface area contributed by atoms with Crippen molar-refractivity contribution >= 4 is 0 Å². The van der Waals surface area contributed by atoms with E-state index in [1.54, 1.807) is 0 Å². The number of rotatable bonds is 4. The molecule has 2 atom stereocenters. The van der Waals surface area contributed by atoms with E-state index >= 15 is 0 Å². The summed E-state index contributed by atoms with van der Waals surface area (Å²) in [6.45, 7) is 17.0. The summed E-state index contributed by atoms with van der Waals surface area (Å²) < 4.78 is 0. The Bertz CT molecular complexity index is 303. The van der Waals surface area contributed by atoms with Crippen molar-refractivity contribution in [1.82, 2.24) is 5.32 Å². The summed E-state index contributed by atoms with van der Waals surface area (Å²) in [6.07, 6.45) is 5.78. The molecule has 1 N–H and O–H groups in total. The van der Waals surface area contributed by atoms with Crippen molar-refractivity contribution in [2.24, 2.45) is 28.1 Å². The van der Waals surface area contributed by atoms with Crippen LogP contribution < -0.4 is 5.32 Å². The highest BCUT2D eigenvalue weighted by Crippen LogP contribution is 2.76. The fourth-order valence-electron chi connectivity index (χ4n) is 4.79. The minimum Gasteiger partial charge on any atom is -0.316 e.